The highest BCUT2D eigenvalue weighted by atomic mass is 19.4. The number of alkyl halides is 3. The number of piperidine rings is 1. The van der Waals surface area contributed by atoms with Gasteiger partial charge in [0.05, 0.1) is 5.92 Å². The van der Waals surface area contributed by atoms with Crippen LogP contribution in [0.25, 0.3) is 0 Å². The number of halogens is 4. The zero-order chi connectivity index (χ0) is 19.6. The molecular formula is C17H19F4N5O. The molecule has 0 unspecified atom stereocenters. The zero-order valence-electron chi connectivity index (χ0n) is 14.7. The second-order valence-electron chi connectivity index (χ2n) is 6.69. The van der Waals surface area contributed by atoms with Gasteiger partial charge in [-0.25, -0.2) is 9.07 Å². The van der Waals surface area contributed by atoms with E-state index in [9.17, 15) is 22.4 Å². The van der Waals surface area contributed by atoms with Crippen LogP contribution in [0.2, 0.25) is 0 Å². The molecule has 1 amide bonds. The van der Waals surface area contributed by atoms with E-state index in [2.05, 4.69) is 15.5 Å². The van der Waals surface area contributed by atoms with E-state index in [1.165, 1.54) is 27.8 Å². The molecule has 1 aromatic carbocycles. The lowest BCUT2D eigenvalue weighted by atomic mass is 9.96. The van der Waals surface area contributed by atoms with Crippen LogP contribution in [-0.2, 0) is 11.2 Å². The number of aryl methyl sites for hydroxylation is 1. The fraction of sp³-hybridized carbons (Fsp3) is 0.529. The van der Waals surface area contributed by atoms with Crippen molar-refractivity contribution in [3.63, 3.8) is 0 Å². The summed E-state index contributed by atoms with van der Waals surface area (Å²) in [6.45, 7) is 1.45. The van der Waals surface area contributed by atoms with Gasteiger partial charge in [0, 0.05) is 19.5 Å². The summed E-state index contributed by atoms with van der Waals surface area (Å²) in [4.78, 5) is 14.3. The predicted molar refractivity (Wildman–Crippen MR) is 87.1 cm³/mol. The second-order valence-corrected chi connectivity index (χ2v) is 6.69. The first-order valence-electron chi connectivity index (χ1n) is 8.60. The Morgan fingerprint density at radius 1 is 1.37 bits per heavy atom. The summed E-state index contributed by atoms with van der Waals surface area (Å²) in [6.07, 6.45) is -3.99. The van der Waals surface area contributed by atoms with E-state index in [0.717, 1.165) is 0 Å². The third-order valence-corrected chi connectivity index (χ3v) is 4.75. The number of hydrogen-bond donors (Lipinski definition) is 0. The number of carbonyl (C=O) groups excluding carboxylic acids is 1. The number of carbonyl (C=O) groups is 1. The van der Waals surface area contributed by atoms with Crippen LogP contribution in [0.3, 0.4) is 0 Å². The number of benzene rings is 1. The summed E-state index contributed by atoms with van der Waals surface area (Å²) in [7, 11) is 0. The van der Waals surface area contributed by atoms with Gasteiger partial charge in [-0.3, -0.25) is 4.79 Å². The molecule has 0 N–H and O–H groups in total. The minimum absolute atomic E-state index is 0.00571. The van der Waals surface area contributed by atoms with Crippen LogP contribution in [0.15, 0.2) is 24.3 Å². The number of hydrogen-bond acceptors (Lipinski definition) is 4. The van der Waals surface area contributed by atoms with E-state index in [0.29, 0.717) is 11.4 Å². The molecule has 0 bridgehead atoms. The van der Waals surface area contributed by atoms with E-state index in [-0.39, 0.29) is 32.4 Å². The Bertz CT molecular complexity index is 807. The Balaban J connectivity index is 1.86. The summed E-state index contributed by atoms with van der Waals surface area (Å²) in [6, 6.07) is 4.79. The fourth-order valence-corrected chi connectivity index (χ4v) is 3.35. The lowest BCUT2D eigenvalue weighted by Gasteiger charge is -2.35. The van der Waals surface area contributed by atoms with Crippen molar-refractivity contribution in [3.8, 4) is 0 Å². The summed E-state index contributed by atoms with van der Waals surface area (Å²) < 4.78 is 54.1. The number of aromatic nitrogens is 4. The predicted octanol–water partition coefficient (Wildman–Crippen LogP) is 2.71. The standard InChI is InChI=1S/C17H19F4N5O/c1-11-22-23-24-26(11)15(9-12-4-2-6-14(18)8-12)16(27)25-7-3-5-13(10-25)17(19,20)21/h2,4,6,8,13,15H,3,5,7,9-10H2,1H3/t13-,15+/m0/s1. The van der Waals surface area contributed by atoms with Gasteiger partial charge < -0.3 is 4.90 Å². The molecule has 1 aromatic heterocycles. The van der Waals surface area contributed by atoms with Crippen LogP contribution in [0.4, 0.5) is 17.6 Å². The van der Waals surface area contributed by atoms with Crippen molar-refractivity contribution in [1.29, 1.82) is 0 Å². The van der Waals surface area contributed by atoms with Crippen LogP contribution < -0.4 is 0 Å². The topological polar surface area (TPSA) is 63.9 Å². The summed E-state index contributed by atoms with van der Waals surface area (Å²) in [5.41, 5.74) is 0.535. The van der Waals surface area contributed by atoms with E-state index < -0.39 is 29.9 Å². The molecule has 0 spiro atoms. The Hall–Kier alpha value is -2.52. The number of tetrazole rings is 1. The van der Waals surface area contributed by atoms with Gasteiger partial charge in [0.25, 0.3) is 0 Å². The van der Waals surface area contributed by atoms with Crippen molar-refractivity contribution in [2.45, 2.75) is 38.4 Å². The molecule has 2 atom stereocenters. The van der Waals surface area contributed by atoms with Crippen molar-refractivity contribution in [1.82, 2.24) is 25.1 Å². The van der Waals surface area contributed by atoms with Crippen molar-refractivity contribution in [3.05, 3.63) is 41.5 Å². The maximum atomic E-state index is 13.5. The van der Waals surface area contributed by atoms with Gasteiger partial charge in [0.15, 0.2) is 0 Å². The molecular weight excluding hydrogens is 366 g/mol. The third kappa shape index (κ3) is 4.42. The zero-order valence-corrected chi connectivity index (χ0v) is 14.7. The summed E-state index contributed by atoms with van der Waals surface area (Å²) in [5.74, 6) is -2.14. The highest BCUT2D eigenvalue weighted by Gasteiger charge is 2.43. The molecule has 146 valence electrons. The van der Waals surface area contributed by atoms with Crippen molar-refractivity contribution < 1.29 is 22.4 Å². The summed E-state index contributed by atoms with van der Waals surface area (Å²) >= 11 is 0. The maximum absolute atomic E-state index is 13.5. The average Bonchev–Trinajstić information content (AvgIpc) is 3.04. The Morgan fingerprint density at radius 3 is 2.78 bits per heavy atom. The SMILES string of the molecule is Cc1nnnn1[C@H](Cc1cccc(F)c1)C(=O)N1CCC[C@H](C(F)(F)F)C1. The van der Waals surface area contributed by atoms with Crippen LogP contribution >= 0.6 is 0 Å². The van der Waals surface area contributed by atoms with Gasteiger partial charge in [0.1, 0.15) is 17.7 Å². The Kier molecular flexibility index (Phi) is 5.43. The minimum atomic E-state index is -4.35. The van der Waals surface area contributed by atoms with Gasteiger partial charge in [0.2, 0.25) is 5.91 Å². The fourth-order valence-electron chi connectivity index (χ4n) is 3.35. The monoisotopic (exact) mass is 385 g/mol. The smallest absolute Gasteiger partial charge is 0.340 e. The minimum Gasteiger partial charge on any atom is -0.340 e. The molecule has 1 fully saturated rings. The van der Waals surface area contributed by atoms with Gasteiger partial charge in [-0.1, -0.05) is 12.1 Å². The molecule has 0 radical (unpaired) electrons. The first-order chi connectivity index (χ1) is 12.8. The number of nitrogens with zero attached hydrogens (tertiary/aromatic N) is 5. The number of rotatable bonds is 4. The lowest BCUT2D eigenvalue weighted by molar-refractivity contribution is -0.188. The Labute approximate surface area is 153 Å². The van der Waals surface area contributed by atoms with Crippen molar-refractivity contribution in [2.75, 3.05) is 13.1 Å². The average molecular weight is 385 g/mol. The third-order valence-electron chi connectivity index (χ3n) is 4.75. The van der Waals surface area contributed by atoms with E-state index in [1.807, 2.05) is 0 Å². The Morgan fingerprint density at radius 2 is 2.15 bits per heavy atom. The molecule has 1 aliphatic rings. The second kappa shape index (κ2) is 7.61. The molecule has 1 aliphatic heterocycles. The van der Waals surface area contributed by atoms with E-state index >= 15 is 0 Å². The molecule has 0 aliphatic carbocycles. The lowest BCUT2D eigenvalue weighted by Crippen LogP contribution is -2.47. The van der Waals surface area contributed by atoms with Crippen LogP contribution in [0, 0.1) is 18.7 Å². The maximum Gasteiger partial charge on any atom is 0.393 e. The van der Waals surface area contributed by atoms with Crippen molar-refractivity contribution >= 4 is 5.91 Å². The molecule has 3 rings (SSSR count). The van der Waals surface area contributed by atoms with Gasteiger partial charge in [-0.2, -0.15) is 13.2 Å². The largest absolute Gasteiger partial charge is 0.393 e. The summed E-state index contributed by atoms with van der Waals surface area (Å²) in [5, 5.41) is 11.1. The molecule has 6 nitrogen and oxygen atoms in total. The van der Waals surface area contributed by atoms with Gasteiger partial charge >= 0.3 is 6.18 Å². The quantitative estimate of drug-likeness (QED) is 0.760. The van der Waals surface area contributed by atoms with Crippen molar-refractivity contribution in [2.24, 2.45) is 5.92 Å². The van der Waals surface area contributed by atoms with E-state index in [4.69, 9.17) is 0 Å². The molecule has 10 heteroatoms. The normalized spacial score (nSPS) is 19.1. The van der Waals surface area contributed by atoms with Gasteiger partial charge in [-0.05, 0) is 47.9 Å². The van der Waals surface area contributed by atoms with Crippen LogP contribution in [0.1, 0.15) is 30.3 Å². The first kappa shape index (κ1) is 19.2. The molecule has 2 aromatic rings. The molecule has 1 saturated heterocycles. The van der Waals surface area contributed by atoms with Crippen LogP contribution in [-0.4, -0.2) is 50.3 Å². The first-order valence-corrected chi connectivity index (χ1v) is 8.60. The van der Waals surface area contributed by atoms with Crippen LogP contribution in [0.5, 0.6) is 0 Å². The van der Waals surface area contributed by atoms with E-state index in [1.54, 1.807) is 13.0 Å². The molecule has 27 heavy (non-hydrogen) atoms. The highest BCUT2D eigenvalue weighted by molar-refractivity contribution is 5.81. The molecule has 2 heterocycles. The number of likely N-dealkylation sites (tertiary alicyclic amines) is 1. The van der Waals surface area contributed by atoms with Gasteiger partial charge in [-0.15, -0.1) is 5.10 Å². The number of amides is 1. The highest BCUT2D eigenvalue weighted by Crippen LogP contribution is 2.34. The molecule has 0 saturated carbocycles.